The van der Waals surface area contributed by atoms with Gasteiger partial charge >= 0.3 is 0 Å². The van der Waals surface area contributed by atoms with Gasteiger partial charge in [-0.15, -0.1) is 10.2 Å². The highest BCUT2D eigenvalue weighted by Crippen LogP contribution is 2.34. The number of benzene rings is 1. The Kier molecular flexibility index (Phi) is 4.19. The molecule has 1 unspecified atom stereocenters. The maximum atomic E-state index is 6.40. The normalized spacial score (nSPS) is 17.5. The van der Waals surface area contributed by atoms with E-state index in [1.807, 2.05) is 22.7 Å². The van der Waals surface area contributed by atoms with Crippen LogP contribution in [-0.2, 0) is 12.0 Å². The third-order valence-electron chi connectivity index (χ3n) is 5.63. The van der Waals surface area contributed by atoms with Crippen LogP contribution in [-0.4, -0.2) is 33.6 Å². The fourth-order valence-electron chi connectivity index (χ4n) is 3.55. The number of hydrogen-bond acceptors (Lipinski definition) is 4. The summed E-state index contributed by atoms with van der Waals surface area (Å²) in [7, 11) is 4.11. The number of rotatable bonds is 4. The van der Waals surface area contributed by atoms with Crippen molar-refractivity contribution in [3.63, 3.8) is 0 Å². The van der Waals surface area contributed by atoms with E-state index in [0.29, 0.717) is 0 Å². The number of nitrogens with zero attached hydrogens (tertiary/aromatic N) is 4. The Balaban J connectivity index is 1.69. The molecule has 0 aliphatic heterocycles. The van der Waals surface area contributed by atoms with Crippen molar-refractivity contribution in [3.05, 3.63) is 59.5 Å². The van der Waals surface area contributed by atoms with E-state index >= 15 is 0 Å². The molecule has 3 aromatic rings. The molecular weight excluding hydrogens is 324 g/mol. The SMILES string of the molecule is CN(C)C(C)(C)c1nnc2ccc(OC3CCCc4ccccc43)cn12. The number of pyridine rings is 1. The molecule has 0 bridgehead atoms. The second kappa shape index (κ2) is 6.40. The molecule has 0 fully saturated rings. The van der Waals surface area contributed by atoms with Gasteiger partial charge in [0.25, 0.3) is 0 Å². The van der Waals surface area contributed by atoms with Crippen molar-refractivity contribution >= 4 is 5.65 Å². The van der Waals surface area contributed by atoms with Gasteiger partial charge in [0.15, 0.2) is 11.5 Å². The van der Waals surface area contributed by atoms with Crippen LogP contribution in [0.2, 0.25) is 0 Å². The Morgan fingerprint density at radius 3 is 2.73 bits per heavy atom. The molecule has 0 N–H and O–H groups in total. The van der Waals surface area contributed by atoms with E-state index in [9.17, 15) is 0 Å². The summed E-state index contributed by atoms with van der Waals surface area (Å²) in [5.41, 5.74) is 3.33. The number of fused-ring (bicyclic) bond motifs is 2. The van der Waals surface area contributed by atoms with Crippen molar-refractivity contribution in [3.8, 4) is 5.75 Å². The molecule has 0 spiro atoms. The van der Waals surface area contributed by atoms with Crippen LogP contribution < -0.4 is 4.74 Å². The quantitative estimate of drug-likeness (QED) is 0.714. The van der Waals surface area contributed by atoms with E-state index in [4.69, 9.17) is 4.74 Å². The highest BCUT2D eigenvalue weighted by molar-refractivity contribution is 5.43. The molecule has 0 saturated heterocycles. The van der Waals surface area contributed by atoms with Gasteiger partial charge in [-0.05, 0) is 70.5 Å². The highest BCUT2D eigenvalue weighted by atomic mass is 16.5. The number of aryl methyl sites for hydroxylation is 1. The van der Waals surface area contributed by atoms with E-state index in [0.717, 1.165) is 36.5 Å². The maximum absolute atomic E-state index is 6.40. The molecule has 1 atom stereocenters. The minimum atomic E-state index is -0.227. The summed E-state index contributed by atoms with van der Waals surface area (Å²) < 4.78 is 8.44. The second-order valence-electron chi connectivity index (χ2n) is 7.77. The number of hydrogen-bond donors (Lipinski definition) is 0. The van der Waals surface area contributed by atoms with Gasteiger partial charge in [0.1, 0.15) is 11.9 Å². The third kappa shape index (κ3) is 2.86. The second-order valence-corrected chi connectivity index (χ2v) is 7.77. The fraction of sp³-hybridized carbons (Fsp3) is 0.429. The van der Waals surface area contributed by atoms with Gasteiger partial charge in [-0.2, -0.15) is 0 Å². The van der Waals surface area contributed by atoms with Crippen LogP contribution in [0.15, 0.2) is 42.6 Å². The monoisotopic (exact) mass is 350 g/mol. The van der Waals surface area contributed by atoms with Crippen LogP contribution in [0.3, 0.4) is 0 Å². The molecule has 5 heteroatoms. The lowest BCUT2D eigenvalue weighted by Gasteiger charge is -2.30. The van der Waals surface area contributed by atoms with Gasteiger partial charge < -0.3 is 4.74 Å². The van der Waals surface area contributed by atoms with E-state index in [1.54, 1.807) is 0 Å². The van der Waals surface area contributed by atoms with Crippen molar-refractivity contribution in [2.45, 2.75) is 44.8 Å². The molecule has 1 aliphatic rings. The van der Waals surface area contributed by atoms with Crippen molar-refractivity contribution in [2.75, 3.05) is 14.1 Å². The summed E-state index contributed by atoms with van der Waals surface area (Å²) in [6.07, 6.45) is 5.48. The van der Waals surface area contributed by atoms with Gasteiger partial charge in [0.2, 0.25) is 0 Å². The molecule has 4 rings (SSSR count). The molecule has 1 aliphatic carbocycles. The number of aromatic nitrogens is 3. The maximum Gasteiger partial charge on any atom is 0.161 e. The predicted octanol–water partition coefficient (Wildman–Crippen LogP) is 3.98. The molecule has 0 saturated carbocycles. The summed E-state index contributed by atoms with van der Waals surface area (Å²) in [6, 6.07) is 12.6. The molecule has 1 aromatic carbocycles. The lowest BCUT2D eigenvalue weighted by Crippen LogP contribution is -2.37. The average molecular weight is 350 g/mol. The Hall–Kier alpha value is -2.40. The summed E-state index contributed by atoms with van der Waals surface area (Å²) in [4.78, 5) is 2.15. The minimum Gasteiger partial charge on any atom is -0.484 e. The zero-order valence-corrected chi connectivity index (χ0v) is 15.9. The van der Waals surface area contributed by atoms with Crippen molar-refractivity contribution < 1.29 is 4.74 Å². The van der Waals surface area contributed by atoms with E-state index in [1.165, 1.54) is 11.1 Å². The van der Waals surface area contributed by atoms with E-state index < -0.39 is 0 Å². The molecule has 5 nitrogen and oxygen atoms in total. The Morgan fingerprint density at radius 1 is 1.12 bits per heavy atom. The lowest BCUT2D eigenvalue weighted by molar-refractivity contribution is 0.178. The highest BCUT2D eigenvalue weighted by Gasteiger charge is 2.29. The lowest BCUT2D eigenvalue weighted by atomic mass is 9.89. The Bertz CT molecular complexity index is 929. The summed E-state index contributed by atoms with van der Waals surface area (Å²) in [5.74, 6) is 1.77. The standard InChI is InChI=1S/C21H26N4O/c1-21(2,24(3)4)20-23-22-19-13-12-16(14-25(19)20)26-18-11-7-9-15-8-5-6-10-17(15)18/h5-6,8,10,12-14,18H,7,9,11H2,1-4H3. The molecule has 2 heterocycles. The molecular formula is C21H26N4O. The fourth-order valence-corrected chi connectivity index (χ4v) is 3.55. The van der Waals surface area contributed by atoms with Gasteiger partial charge in [0.05, 0.1) is 11.7 Å². The first kappa shape index (κ1) is 17.0. The third-order valence-corrected chi connectivity index (χ3v) is 5.63. The van der Waals surface area contributed by atoms with Crippen LogP contribution >= 0.6 is 0 Å². The topological polar surface area (TPSA) is 42.7 Å². The largest absolute Gasteiger partial charge is 0.484 e. The van der Waals surface area contributed by atoms with Crippen molar-refractivity contribution in [1.29, 1.82) is 0 Å². The first-order valence-electron chi connectivity index (χ1n) is 9.24. The van der Waals surface area contributed by atoms with Gasteiger partial charge in [-0.1, -0.05) is 24.3 Å². The molecule has 0 radical (unpaired) electrons. The average Bonchev–Trinajstić information content (AvgIpc) is 3.06. The first-order valence-corrected chi connectivity index (χ1v) is 9.24. The van der Waals surface area contributed by atoms with Crippen LogP contribution in [0.4, 0.5) is 0 Å². The Morgan fingerprint density at radius 2 is 1.92 bits per heavy atom. The Labute approximate surface area is 154 Å². The van der Waals surface area contributed by atoms with Crippen LogP contribution in [0.1, 0.15) is 49.7 Å². The summed E-state index contributed by atoms with van der Waals surface area (Å²) in [6.45, 7) is 4.29. The molecule has 26 heavy (non-hydrogen) atoms. The smallest absolute Gasteiger partial charge is 0.161 e. The van der Waals surface area contributed by atoms with Gasteiger partial charge in [-0.3, -0.25) is 9.30 Å². The molecule has 2 aromatic heterocycles. The summed E-state index contributed by atoms with van der Waals surface area (Å²) in [5, 5.41) is 8.75. The zero-order valence-electron chi connectivity index (χ0n) is 15.9. The number of ether oxygens (including phenoxy) is 1. The zero-order chi connectivity index (χ0) is 18.3. The molecule has 0 amide bonds. The van der Waals surface area contributed by atoms with Crippen LogP contribution in [0, 0.1) is 0 Å². The van der Waals surface area contributed by atoms with E-state index in [-0.39, 0.29) is 11.6 Å². The van der Waals surface area contributed by atoms with Crippen LogP contribution in [0.25, 0.3) is 5.65 Å². The van der Waals surface area contributed by atoms with Crippen LogP contribution in [0.5, 0.6) is 5.75 Å². The minimum absolute atomic E-state index is 0.110. The van der Waals surface area contributed by atoms with Gasteiger partial charge in [-0.25, -0.2) is 0 Å². The summed E-state index contributed by atoms with van der Waals surface area (Å²) >= 11 is 0. The predicted molar refractivity (Wildman–Crippen MR) is 102 cm³/mol. The molecule has 136 valence electrons. The van der Waals surface area contributed by atoms with Crippen molar-refractivity contribution in [2.24, 2.45) is 0 Å². The van der Waals surface area contributed by atoms with E-state index in [2.05, 4.69) is 67.3 Å². The van der Waals surface area contributed by atoms with Crippen molar-refractivity contribution in [1.82, 2.24) is 19.5 Å². The first-order chi connectivity index (χ1) is 12.5. The van der Waals surface area contributed by atoms with Gasteiger partial charge in [0, 0.05) is 0 Å².